The van der Waals surface area contributed by atoms with Crippen LogP contribution in [0.25, 0.3) is 33.2 Å². The normalized spacial score (nSPS) is 11.0. The Morgan fingerprint density at radius 2 is 1.77 bits per heavy atom. The molecule has 0 fully saturated rings. The number of aryl methyl sites for hydroxylation is 1. The summed E-state index contributed by atoms with van der Waals surface area (Å²) in [6.45, 7) is 1.99. The number of pyridine rings is 2. The third-order valence-electron chi connectivity index (χ3n) is 4.91. The number of anilines is 2. The molecule has 1 N–H and O–H groups in total. The van der Waals surface area contributed by atoms with Crippen LogP contribution in [-0.4, -0.2) is 27.0 Å². The van der Waals surface area contributed by atoms with E-state index in [1.807, 2.05) is 55.5 Å². The predicted octanol–water partition coefficient (Wildman–Crippen LogP) is 5.30. The lowest BCUT2D eigenvalue weighted by Crippen LogP contribution is -2.00. The maximum absolute atomic E-state index is 5.41. The summed E-state index contributed by atoms with van der Waals surface area (Å²) in [5.74, 6) is 2.07. The summed E-state index contributed by atoms with van der Waals surface area (Å²) in [6, 6.07) is 19.8. The molecule has 3 aromatic heterocycles. The van der Waals surface area contributed by atoms with E-state index in [1.54, 1.807) is 19.5 Å². The number of fused-ring (bicyclic) bond motifs is 2. The van der Waals surface area contributed by atoms with Crippen LogP contribution in [0.4, 0.5) is 11.5 Å². The van der Waals surface area contributed by atoms with Gasteiger partial charge >= 0.3 is 0 Å². The molecule has 0 saturated carbocycles. The topological polar surface area (TPSA) is 72.8 Å². The van der Waals surface area contributed by atoms with Gasteiger partial charge in [0.25, 0.3) is 0 Å². The van der Waals surface area contributed by atoms with Gasteiger partial charge in [-0.2, -0.15) is 0 Å². The Morgan fingerprint density at radius 1 is 0.867 bits per heavy atom. The average Bonchev–Trinajstić information content (AvgIpc) is 2.79. The molecule has 3 heterocycles. The van der Waals surface area contributed by atoms with Crippen molar-refractivity contribution in [3.63, 3.8) is 0 Å². The minimum atomic E-state index is 0.612. The summed E-state index contributed by atoms with van der Waals surface area (Å²) in [4.78, 5) is 18.3. The van der Waals surface area contributed by atoms with E-state index in [-0.39, 0.29) is 0 Å². The van der Waals surface area contributed by atoms with Gasteiger partial charge in [-0.3, -0.25) is 9.97 Å². The maximum atomic E-state index is 5.41. The maximum Gasteiger partial charge on any atom is 0.163 e. The van der Waals surface area contributed by atoms with Crippen molar-refractivity contribution in [2.45, 2.75) is 6.92 Å². The van der Waals surface area contributed by atoms with Gasteiger partial charge in [-0.25, -0.2) is 9.97 Å². The Bertz CT molecular complexity index is 1370. The van der Waals surface area contributed by atoms with E-state index >= 15 is 0 Å². The molecule has 0 bridgehead atoms. The SMILES string of the molecule is COc1ccc2nc(-c3cccnc3)nc(Nc3ccc4nc(C)ccc4c3)c2c1. The van der Waals surface area contributed by atoms with E-state index < -0.39 is 0 Å². The van der Waals surface area contributed by atoms with E-state index in [4.69, 9.17) is 14.7 Å². The zero-order valence-electron chi connectivity index (χ0n) is 16.6. The lowest BCUT2D eigenvalue weighted by Gasteiger charge is -2.12. The van der Waals surface area contributed by atoms with Crippen molar-refractivity contribution in [1.82, 2.24) is 19.9 Å². The monoisotopic (exact) mass is 393 g/mol. The van der Waals surface area contributed by atoms with Crippen molar-refractivity contribution in [3.05, 3.63) is 78.8 Å². The molecule has 0 amide bonds. The standard InChI is InChI=1S/C24H19N5O/c1-15-5-6-16-12-18(7-9-21(16)26-15)27-24-20-13-19(30-2)8-10-22(20)28-23(29-24)17-4-3-11-25-14-17/h3-14H,1-2H3,(H,27,28,29). The van der Waals surface area contributed by atoms with Gasteiger partial charge in [-0.05, 0) is 61.5 Å². The summed E-state index contributed by atoms with van der Waals surface area (Å²) in [7, 11) is 1.65. The molecule has 0 unspecified atom stereocenters. The Kier molecular flexibility index (Phi) is 4.44. The molecule has 146 valence electrons. The molecule has 5 rings (SSSR count). The number of nitrogens with one attached hydrogen (secondary N) is 1. The van der Waals surface area contributed by atoms with Gasteiger partial charge in [-0.15, -0.1) is 0 Å². The smallest absolute Gasteiger partial charge is 0.163 e. The summed E-state index contributed by atoms with van der Waals surface area (Å²) in [6.07, 6.45) is 3.50. The Hall–Kier alpha value is -4.06. The van der Waals surface area contributed by atoms with Crippen molar-refractivity contribution < 1.29 is 4.74 Å². The highest BCUT2D eigenvalue weighted by molar-refractivity contribution is 5.94. The summed E-state index contributed by atoms with van der Waals surface area (Å²) < 4.78 is 5.41. The quantitative estimate of drug-likeness (QED) is 0.447. The minimum Gasteiger partial charge on any atom is -0.497 e. The minimum absolute atomic E-state index is 0.612. The average molecular weight is 393 g/mol. The van der Waals surface area contributed by atoms with Gasteiger partial charge in [0.2, 0.25) is 0 Å². The first-order chi connectivity index (χ1) is 14.7. The Labute approximate surface area is 173 Å². The van der Waals surface area contributed by atoms with Crippen molar-refractivity contribution >= 4 is 33.3 Å². The number of hydrogen-bond donors (Lipinski definition) is 1. The molecule has 0 radical (unpaired) electrons. The Balaban J connectivity index is 1.65. The number of aromatic nitrogens is 4. The van der Waals surface area contributed by atoms with E-state index in [0.717, 1.165) is 44.5 Å². The number of methoxy groups -OCH3 is 1. The van der Waals surface area contributed by atoms with Crippen LogP contribution in [0.15, 0.2) is 73.1 Å². The first-order valence-corrected chi connectivity index (χ1v) is 9.60. The van der Waals surface area contributed by atoms with Crippen molar-refractivity contribution in [1.29, 1.82) is 0 Å². The van der Waals surface area contributed by atoms with Crippen LogP contribution in [-0.2, 0) is 0 Å². The highest BCUT2D eigenvalue weighted by atomic mass is 16.5. The molecule has 0 aliphatic carbocycles. The van der Waals surface area contributed by atoms with Crippen LogP contribution < -0.4 is 10.1 Å². The third kappa shape index (κ3) is 3.39. The zero-order valence-corrected chi connectivity index (χ0v) is 16.6. The molecule has 30 heavy (non-hydrogen) atoms. The molecule has 6 heteroatoms. The van der Waals surface area contributed by atoms with Crippen molar-refractivity contribution in [2.24, 2.45) is 0 Å². The van der Waals surface area contributed by atoms with Gasteiger partial charge in [-0.1, -0.05) is 6.07 Å². The van der Waals surface area contributed by atoms with Gasteiger partial charge in [0.15, 0.2) is 5.82 Å². The van der Waals surface area contributed by atoms with Crippen LogP contribution in [0, 0.1) is 6.92 Å². The number of hydrogen-bond acceptors (Lipinski definition) is 6. The second-order valence-corrected chi connectivity index (χ2v) is 7.01. The first-order valence-electron chi connectivity index (χ1n) is 9.60. The van der Waals surface area contributed by atoms with Gasteiger partial charge in [0, 0.05) is 40.1 Å². The van der Waals surface area contributed by atoms with Crippen LogP contribution in [0.1, 0.15) is 5.69 Å². The van der Waals surface area contributed by atoms with Gasteiger partial charge < -0.3 is 10.1 Å². The lowest BCUT2D eigenvalue weighted by atomic mass is 10.1. The summed E-state index contributed by atoms with van der Waals surface area (Å²) in [5.41, 5.74) is 4.57. The number of rotatable bonds is 4. The summed E-state index contributed by atoms with van der Waals surface area (Å²) >= 11 is 0. The fourth-order valence-corrected chi connectivity index (χ4v) is 3.40. The van der Waals surface area contributed by atoms with Gasteiger partial charge in [0.1, 0.15) is 11.6 Å². The zero-order chi connectivity index (χ0) is 20.5. The van der Waals surface area contributed by atoms with E-state index in [0.29, 0.717) is 11.6 Å². The summed E-state index contributed by atoms with van der Waals surface area (Å²) in [5, 5.41) is 5.40. The fourth-order valence-electron chi connectivity index (χ4n) is 3.40. The van der Waals surface area contributed by atoms with Crippen LogP contribution >= 0.6 is 0 Å². The molecule has 0 atom stereocenters. The largest absolute Gasteiger partial charge is 0.497 e. The van der Waals surface area contributed by atoms with E-state index in [9.17, 15) is 0 Å². The van der Waals surface area contributed by atoms with Crippen LogP contribution in [0.2, 0.25) is 0 Å². The first kappa shape index (κ1) is 18.0. The highest BCUT2D eigenvalue weighted by Gasteiger charge is 2.12. The van der Waals surface area contributed by atoms with Crippen molar-refractivity contribution in [3.8, 4) is 17.1 Å². The second-order valence-electron chi connectivity index (χ2n) is 7.01. The van der Waals surface area contributed by atoms with E-state index in [1.165, 1.54) is 0 Å². The van der Waals surface area contributed by atoms with Crippen LogP contribution in [0.5, 0.6) is 5.75 Å². The molecule has 6 nitrogen and oxygen atoms in total. The number of benzene rings is 2. The number of ether oxygens (including phenoxy) is 1. The molecular weight excluding hydrogens is 374 g/mol. The highest BCUT2D eigenvalue weighted by Crippen LogP contribution is 2.30. The molecule has 0 saturated heterocycles. The lowest BCUT2D eigenvalue weighted by molar-refractivity contribution is 0.415. The van der Waals surface area contributed by atoms with Crippen LogP contribution in [0.3, 0.4) is 0 Å². The van der Waals surface area contributed by atoms with Gasteiger partial charge in [0.05, 0.1) is 18.1 Å². The molecular formula is C24H19N5O. The molecule has 0 aliphatic heterocycles. The third-order valence-corrected chi connectivity index (χ3v) is 4.91. The second kappa shape index (κ2) is 7.40. The molecule has 0 spiro atoms. The fraction of sp³-hybridized carbons (Fsp3) is 0.0833. The molecule has 5 aromatic rings. The van der Waals surface area contributed by atoms with Crippen molar-refractivity contribution in [2.75, 3.05) is 12.4 Å². The molecule has 0 aliphatic rings. The molecule has 2 aromatic carbocycles. The predicted molar refractivity (Wildman–Crippen MR) is 119 cm³/mol. The Morgan fingerprint density at radius 3 is 2.60 bits per heavy atom. The number of nitrogens with zero attached hydrogens (tertiary/aromatic N) is 4. The van der Waals surface area contributed by atoms with E-state index in [2.05, 4.69) is 27.4 Å².